The zero-order valence-corrected chi connectivity index (χ0v) is 16.6. The molecule has 2 aromatic carbocycles. The fourth-order valence-corrected chi connectivity index (χ4v) is 3.55. The van der Waals surface area contributed by atoms with Crippen molar-refractivity contribution in [3.63, 3.8) is 0 Å². The normalized spacial score (nSPS) is 13.9. The first-order chi connectivity index (χ1) is 14.2. The molecule has 150 valence electrons. The molecule has 1 aliphatic rings. The van der Waals surface area contributed by atoms with Gasteiger partial charge < -0.3 is 18.9 Å². The van der Waals surface area contributed by atoms with Gasteiger partial charge in [-0.05, 0) is 49.6 Å². The Hall–Kier alpha value is -3.35. The monoisotopic (exact) mass is 393 g/mol. The van der Waals surface area contributed by atoms with Crippen LogP contribution in [0.2, 0.25) is 0 Å². The smallest absolute Gasteiger partial charge is 0.259 e. The van der Waals surface area contributed by atoms with Crippen LogP contribution in [-0.2, 0) is 0 Å². The van der Waals surface area contributed by atoms with Crippen molar-refractivity contribution in [1.82, 2.24) is 15.0 Å². The van der Waals surface area contributed by atoms with Gasteiger partial charge in [-0.25, -0.2) is 0 Å². The average Bonchev–Trinajstić information content (AvgIpc) is 3.29. The van der Waals surface area contributed by atoms with Crippen molar-refractivity contribution in [3.05, 3.63) is 48.0 Å². The summed E-state index contributed by atoms with van der Waals surface area (Å²) in [5.41, 5.74) is 1.96. The Morgan fingerprint density at radius 1 is 1.00 bits per heavy atom. The van der Waals surface area contributed by atoms with Gasteiger partial charge in [-0.1, -0.05) is 17.3 Å². The van der Waals surface area contributed by atoms with Crippen molar-refractivity contribution in [1.29, 1.82) is 0 Å². The van der Waals surface area contributed by atoms with Crippen molar-refractivity contribution in [3.8, 4) is 34.3 Å². The SMILES string of the molecule is COc1ccc(-c2noc(-c3ccccc3C(=O)N3CCCCC3)n2)cc1OC. The van der Waals surface area contributed by atoms with E-state index >= 15 is 0 Å². The summed E-state index contributed by atoms with van der Waals surface area (Å²) in [5, 5.41) is 4.10. The molecular formula is C22H23N3O4. The molecule has 1 fully saturated rings. The number of nitrogens with zero attached hydrogens (tertiary/aromatic N) is 3. The molecule has 0 radical (unpaired) electrons. The number of amides is 1. The van der Waals surface area contributed by atoms with Gasteiger partial charge >= 0.3 is 0 Å². The number of benzene rings is 2. The third-order valence-electron chi connectivity index (χ3n) is 5.10. The first-order valence-electron chi connectivity index (χ1n) is 9.66. The summed E-state index contributed by atoms with van der Waals surface area (Å²) in [7, 11) is 3.16. The van der Waals surface area contributed by atoms with Crippen molar-refractivity contribution >= 4 is 5.91 Å². The Morgan fingerprint density at radius 3 is 2.52 bits per heavy atom. The molecule has 0 N–H and O–H groups in total. The minimum absolute atomic E-state index is 0.00571. The highest BCUT2D eigenvalue weighted by Gasteiger charge is 2.23. The van der Waals surface area contributed by atoms with E-state index in [1.165, 1.54) is 6.42 Å². The summed E-state index contributed by atoms with van der Waals surface area (Å²) < 4.78 is 16.1. The quantitative estimate of drug-likeness (QED) is 0.651. The van der Waals surface area contributed by atoms with E-state index in [2.05, 4.69) is 10.1 Å². The van der Waals surface area contributed by atoms with E-state index in [-0.39, 0.29) is 5.91 Å². The van der Waals surface area contributed by atoms with Crippen LogP contribution >= 0.6 is 0 Å². The van der Waals surface area contributed by atoms with Crippen LogP contribution in [0.25, 0.3) is 22.8 Å². The molecule has 0 atom stereocenters. The first kappa shape index (κ1) is 19.0. The molecular weight excluding hydrogens is 370 g/mol. The predicted molar refractivity (Wildman–Crippen MR) is 108 cm³/mol. The highest BCUT2D eigenvalue weighted by Crippen LogP contribution is 2.32. The largest absolute Gasteiger partial charge is 0.493 e. The van der Waals surface area contributed by atoms with Gasteiger partial charge in [0.2, 0.25) is 5.82 Å². The lowest BCUT2D eigenvalue weighted by Gasteiger charge is -2.27. The second kappa shape index (κ2) is 8.34. The first-order valence-corrected chi connectivity index (χ1v) is 9.66. The molecule has 0 bridgehead atoms. The number of carbonyl (C=O) groups is 1. The summed E-state index contributed by atoms with van der Waals surface area (Å²) >= 11 is 0. The maximum absolute atomic E-state index is 13.0. The zero-order chi connectivity index (χ0) is 20.2. The fraction of sp³-hybridized carbons (Fsp3) is 0.318. The molecule has 2 heterocycles. The van der Waals surface area contributed by atoms with Crippen LogP contribution in [0.1, 0.15) is 29.6 Å². The van der Waals surface area contributed by atoms with E-state index in [4.69, 9.17) is 14.0 Å². The van der Waals surface area contributed by atoms with Crippen LogP contribution in [0.3, 0.4) is 0 Å². The zero-order valence-electron chi connectivity index (χ0n) is 16.6. The molecule has 0 saturated carbocycles. The Balaban J connectivity index is 1.66. The van der Waals surface area contributed by atoms with Crippen LogP contribution in [0, 0.1) is 0 Å². The van der Waals surface area contributed by atoms with E-state index in [1.54, 1.807) is 26.4 Å². The van der Waals surface area contributed by atoms with Gasteiger partial charge in [-0.2, -0.15) is 4.98 Å². The molecule has 7 nitrogen and oxygen atoms in total. The van der Waals surface area contributed by atoms with Crippen molar-refractivity contribution in [2.75, 3.05) is 27.3 Å². The number of carbonyl (C=O) groups excluding carboxylic acids is 1. The lowest BCUT2D eigenvalue weighted by Crippen LogP contribution is -2.35. The maximum Gasteiger partial charge on any atom is 0.259 e. The number of methoxy groups -OCH3 is 2. The third-order valence-corrected chi connectivity index (χ3v) is 5.10. The molecule has 1 aliphatic heterocycles. The molecule has 0 aliphatic carbocycles. The van der Waals surface area contributed by atoms with Crippen molar-refractivity contribution in [2.24, 2.45) is 0 Å². The summed E-state index contributed by atoms with van der Waals surface area (Å²) in [6.45, 7) is 1.57. The van der Waals surface area contributed by atoms with Crippen LogP contribution < -0.4 is 9.47 Å². The number of ether oxygens (including phenoxy) is 2. The van der Waals surface area contributed by atoms with Crippen molar-refractivity contribution < 1.29 is 18.8 Å². The van der Waals surface area contributed by atoms with E-state index in [0.717, 1.165) is 31.5 Å². The molecule has 1 saturated heterocycles. The second-order valence-corrected chi connectivity index (χ2v) is 6.89. The average molecular weight is 393 g/mol. The number of rotatable bonds is 5. The third kappa shape index (κ3) is 3.81. The van der Waals surface area contributed by atoms with Gasteiger partial charge in [-0.3, -0.25) is 4.79 Å². The topological polar surface area (TPSA) is 77.7 Å². The van der Waals surface area contributed by atoms with Gasteiger partial charge in [0, 0.05) is 18.7 Å². The van der Waals surface area contributed by atoms with Gasteiger partial charge in [0.25, 0.3) is 11.8 Å². The van der Waals surface area contributed by atoms with Gasteiger partial charge in [0.05, 0.1) is 25.3 Å². The highest BCUT2D eigenvalue weighted by molar-refractivity contribution is 6.00. The Morgan fingerprint density at radius 2 is 1.76 bits per heavy atom. The van der Waals surface area contributed by atoms with E-state index < -0.39 is 0 Å². The maximum atomic E-state index is 13.0. The van der Waals surface area contributed by atoms with E-state index in [9.17, 15) is 4.79 Å². The van der Waals surface area contributed by atoms with Crippen LogP contribution in [-0.4, -0.2) is 48.3 Å². The molecule has 0 spiro atoms. The van der Waals surface area contributed by atoms with Crippen LogP contribution in [0.4, 0.5) is 0 Å². The lowest BCUT2D eigenvalue weighted by molar-refractivity contribution is 0.0725. The summed E-state index contributed by atoms with van der Waals surface area (Å²) in [6.07, 6.45) is 3.25. The van der Waals surface area contributed by atoms with E-state index in [1.807, 2.05) is 35.2 Å². The molecule has 7 heteroatoms. The van der Waals surface area contributed by atoms with Crippen LogP contribution in [0.5, 0.6) is 11.5 Å². The lowest BCUT2D eigenvalue weighted by atomic mass is 10.0. The number of hydrogen-bond donors (Lipinski definition) is 0. The van der Waals surface area contributed by atoms with Gasteiger partial charge in [-0.15, -0.1) is 0 Å². The molecule has 1 aromatic heterocycles. The summed E-state index contributed by atoms with van der Waals surface area (Å²) in [5.74, 6) is 1.94. The van der Waals surface area contributed by atoms with Crippen molar-refractivity contribution in [2.45, 2.75) is 19.3 Å². The minimum atomic E-state index is 0.00571. The summed E-state index contributed by atoms with van der Waals surface area (Å²) in [6, 6.07) is 12.8. The predicted octanol–water partition coefficient (Wildman–Crippen LogP) is 4.05. The minimum Gasteiger partial charge on any atom is -0.493 e. The standard InChI is InChI=1S/C22H23N3O4/c1-27-18-11-10-15(14-19(18)28-2)20-23-21(29-24-20)16-8-4-5-9-17(16)22(26)25-12-6-3-7-13-25/h4-5,8-11,14H,3,6-7,12-13H2,1-2H3. The van der Waals surface area contributed by atoms with Gasteiger partial charge in [0.15, 0.2) is 11.5 Å². The Bertz CT molecular complexity index is 1010. The highest BCUT2D eigenvalue weighted by atomic mass is 16.5. The summed E-state index contributed by atoms with van der Waals surface area (Å²) in [4.78, 5) is 19.5. The Kier molecular flexibility index (Phi) is 5.46. The van der Waals surface area contributed by atoms with E-state index in [0.29, 0.717) is 34.3 Å². The van der Waals surface area contributed by atoms with Crippen LogP contribution in [0.15, 0.2) is 47.0 Å². The number of hydrogen-bond acceptors (Lipinski definition) is 6. The number of likely N-dealkylation sites (tertiary alicyclic amines) is 1. The fourth-order valence-electron chi connectivity index (χ4n) is 3.55. The molecule has 29 heavy (non-hydrogen) atoms. The number of piperidine rings is 1. The second-order valence-electron chi connectivity index (χ2n) is 6.89. The molecule has 3 aromatic rings. The number of aromatic nitrogens is 2. The molecule has 4 rings (SSSR count). The van der Waals surface area contributed by atoms with Gasteiger partial charge in [0.1, 0.15) is 0 Å². The molecule has 1 amide bonds. The molecule has 0 unspecified atom stereocenters. The Labute approximate surface area is 169 Å².